The van der Waals surface area contributed by atoms with Gasteiger partial charge in [-0.3, -0.25) is 9.69 Å². The number of hydrogen-bond acceptors (Lipinski definition) is 3. The first kappa shape index (κ1) is 14.0. The SMILES string of the molecule is O=C(O)c1ccc2c3c1C(=O)N(c1ccccc1)C3(O)CCC2. The number of anilines is 1. The van der Waals surface area contributed by atoms with E-state index in [9.17, 15) is 19.8 Å². The summed E-state index contributed by atoms with van der Waals surface area (Å²) in [7, 11) is 0. The van der Waals surface area contributed by atoms with Crippen LogP contribution in [0.2, 0.25) is 0 Å². The molecule has 4 rings (SSSR count). The zero-order valence-electron chi connectivity index (χ0n) is 12.3. The first-order valence-electron chi connectivity index (χ1n) is 7.55. The van der Waals surface area contributed by atoms with Crippen LogP contribution in [-0.4, -0.2) is 22.1 Å². The van der Waals surface area contributed by atoms with Gasteiger partial charge < -0.3 is 10.2 Å². The van der Waals surface area contributed by atoms with Crippen LogP contribution in [0.5, 0.6) is 0 Å². The van der Waals surface area contributed by atoms with Crippen molar-refractivity contribution in [3.8, 4) is 0 Å². The van der Waals surface area contributed by atoms with Crippen LogP contribution in [0.25, 0.3) is 0 Å². The minimum absolute atomic E-state index is 0.0486. The van der Waals surface area contributed by atoms with Crippen LogP contribution in [0.4, 0.5) is 5.69 Å². The molecule has 23 heavy (non-hydrogen) atoms. The number of carbonyl (C=O) groups is 2. The summed E-state index contributed by atoms with van der Waals surface area (Å²) in [6, 6.07) is 12.1. The van der Waals surface area contributed by atoms with Crippen molar-refractivity contribution in [1.29, 1.82) is 0 Å². The van der Waals surface area contributed by atoms with Gasteiger partial charge in [0.1, 0.15) is 0 Å². The highest BCUT2D eigenvalue weighted by molar-refractivity contribution is 6.17. The Morgan fingerprint density at radius 3 is 2.57 bits per heavy atom. The van der Waals surface area contributed by atoms with E-state index in [4.69, 9.17) is 0 Å². The normalized spacial score (nSPS) is 22.1. The molecule has 0 fully saturated rings. The Hall–Kier alpha value is -2.66. The molecule has 0 bridgehead atoms. The number of carboxylic acids is 1. The number of carbonyl (C=O) groups excluding carboxylic acids is 1. The van der Waals surface area contributed by atoms with Crippen LogP contribution >= 0.6 is 0 Å². The fourth-order valence-electron chi connectivity index (χ4n) is 3.77. The zero-order valence-corrected chi connectivity index (χ0v) is 12.3. The molecular weight excluding hydrogens is 294 g/mol. The number of hydrogen-bond donors (Lipinski definition) is 2. The van der Waals surface area contributed by atoms with Crippen LogP contribution < -0.4 is 4.90 Å². The standard InChI is InChI=1S/C18H15NO4/c20-16-14-13(17(21)22)9-8-11-5-4-10-18(23,15(11)14)19(16)12-6-2-1-3-7-12/h1-3,6-9,23H,4-5,10H2,(H,21,22). The van der Waals surface area contributed by atoms with E-state index in [1.165, 1.54) is 11.0 Å². The molecule has 1 atom stereocenters. The highest BCUT2D eigenvalue weighted by atomic mass is 16.4. The Labute approximate surface area is 132 Å². The Bertz CT molecular complexity index is 830. The maximum atomic E-state index is 13.0. The topological polar surface area (TPSA) is 77.8 Å². The van der Waals surface area contributed by atoms with Gasteiger partial charge in [0.15, 0.2) is 5.72 Å². The van der Waals surface area contributed by atoms with E-state index in [1.54, 1.807) is 30.3 Å². The van der Waals surface area contributed by atoms with Crippen LogP contribution in [0.3, 0.4) is 0 Å². The van der Waals surface area contributed by atoms with Crippen molar-refractivity contribution in [1.82, 2.24) is 0 Å². The van der Waals surface area contributed by atoms with Crippen molar-refractivity contribution in [3.05, 3.63) is 64.7 Å². The average molecular weight is 309 g/mol. The summed E-state index contributed by atoms with van der Waals surface area (Å²) in [5, 5.41) is 20.7. The zero-order chi connectivity index (χ0) is 16.2. The number of rotatable bonds is 2. The van der Waals surface area contributed by atoms with E-state index in [2.05, 4.69) is 0 Å². The molecule has 0 saturated carbocycles. The van der Waals surface area contributed by atoms with Gasteiger partial charge in [0.25, 0.3) is 5.91 Å². The maximum Gasteiger partial charge on any atom is 0.336 e. The van der Waals surface area contributed by atoms with E-state index in [0.717, 1.165) is 18.4 Å². The lowest BCUT2D eigenvalue weighted by molar-refractivity contribution is 0.0242. The Balaban J connectivity index is 2.02. The van der Waals surface area contributed by atoms with Gasteiger partial charge in [-0.2, -0.15) is 0 Å². The molecule has 0 spiro atoms. The highest BCUT2D eigenvalue weighted by Gasteiger charge is 2.53. The minimum atomic E-state index is -1.47. The van der Waals surface area contributed by atoms with Gasteiger partial charge in [-0.05, 0) is 36.6 Å². The average Bonchev–Trinajstić information content (AvgIpc) is 2.78. The Morgan fingerprint density at radius 2 is 1.87 bits per heavy atom. The lowest BCUT2D eigenvalue weighted by atomic mass is 9.82. The third kappa shape index (κ3) is 1.77. The summed E-state index contributed by atoms with van der Waals surface area (Å²) < 4.78 is 0. The van der Waals surface area contributed by atoms with Crippen LogP contribution in [0.1, 0.15) is 44.7 Å². The summed E-state index contributed by atoms with van der Waals surface area (Å²) in [5.41, 5.74) is 0.504. The summed E-state index contributed by atoms with van der Waals surface area (Å²) in [5.74, 6) is -1.60. The van der Waals surface area contributed by atoms with Crippen molar-refractivity contribution in [3.63, 3.8) is 0 Å². The van der Waals surface area contributed by atoms with E-state index >= 15 is 0 Å². The smallest absolute Gasteiger partial charge is 0.336 e. The molecule has 116 valence electrons. The highest BCUT2D eigenvalue weighted by Crippen LogP contribution is 2.48. The second kappa shape index (κ2) is 4.67. The number of aliphatic hydroxyl groups is 1. The summed E-state index contributed by atoms with van der Waals surface area (Å²) in [6.45, 7) is 0. The second-order valence-electron chi connectivity index (χ2n) is 5.97. The lowest BCUT2D eigenvalue weighted by Crippen LogP contribution is -2.45. The van der Waals surface area contributed by atoms with E-state index in [1.807, 2.05) is 6.07 Å². The number of nitrogens with zero attached hydrogens (tertiary/aromatic N) is 1. The molecule has 2 N–H and O–H groups in total. The predicted molar refractivity (Wildman–Crippen MR) is 83.5 cm³/mol. The van der Waals surface area contributed by atoms with Crippen molar-refractivity contribution in [2.75, 3.05) is 4.90 Å². The van der Waals surface area contributed by atoms with Crippen LogP contribution in [0.15, 0.2) is 42.5 Å². The molecule has 0 saturated heterocycles. The molecule has 1 aliphatic carbocycles. The number of amides is 1. The molecule has 1 aliphatic heterocycles. The third-order valence-electron chi connectivity index (χ3n) is 4.70. The summed E-state index contributed by atoms with van der Waals surface area (Å²) in [6.07, 6.45) is 1.88. The van der Waals surface area contributed by atoms with Gasteiger partial charge in [0.2, 0.25) is 0 Å². The summed E-state index contributed by atoms with van der Waals surface area (Å²) in [4.78, 5) is 25.8. The fraction of sp³-hybridized carbons (Fsp3) is 0.222. The van der Waals surface area contributed by atoms with Crippen LogP contribution in [-0.2, 0) is 12.1 Å². The first-order valence-corrected chi connectivity index (χ1v) is 7.55. The molecule has 0 radical (unpaired) electrons. The van der Waals surface area contributed by atoms with Gasteiger partial charge in [-0.15, -0.1) is 0 Å². The van der Waals surface area contributed by atoms with Crippen molar-refractivity contribution in [2.24, 2.45) is 0 Å². The van der Waals surface area contributed by atoms with Gasteiger partial charge >= 0.3 is 5.97 Å². The molecule has 1 unspecified atom stereocenters. The van der Waals surface area contributed by atoms with Crippen molar-refractivity contribution < 1.29 is 19.8 Å². The van der Waals surface area contributed by atoms with Crippen molar-refractivity contribution >= 4 is 17.6 Å². The molecule has 1 amide bonds. The molecule has 5 nitrogen and oxygen atoms in total. The predicted octanol–water partition coefficient (Wildman–Crippen LogP) is 2.53. The minimum Gasteiger partial charge on any atom is -0.478 e. The number of carboxylic acid groups (broad SMARTS) is 1. The molecule has 2 aromatic carbocycles. The number of para-hydroxylation sites is 1. The Morgan fingerprint density at radius 1 is 1.13 bits per heavy atom. The molecule has 2 aromatic rings. The maximum absolute atomic E-state index is 13.0. The molecule has 1 heterocycles. The molecule has 2 aliphatic rings. The van der Waals surface area contributed by atoms with E-state index in [0.29, 0.717) is 17.7 Å². The molecular formula is C18H15NO4. The Kier molecular flexibility index (Phi) is 2.83. The largest absolute Gasteiger partial charge is 0.478 e. The van der Waals surface area contributed by atoms with E-state index < -0.39 is 17.6 Å². The number of benzene rings is 2. The first-order chi connectivity index (χ1) is 11.0. The van der Waals surface area contributed by atoms with Gasteiger partial charge in [-0.1, -0.05) is 24.3 Å². The fourth-order valence-corrected chi connectivity index (χ4v) is 3.77. The van der Waals surface area contributed by atoms with Gasteiger partial charge in [0.05, 0.1) is 11.1 Å². The molecule has 0 aromatic heterocycles. The van der Waals surface area contributed by atoms with Crippen LogP contribution in [0, 0.1) is 0 Å². The molecule has 5 heteroatoms. The number of aromatic carboxylic acids is 1. The van der Waals surface area contributed by atoms with E-state index in [-0.39, 0.29) is 11.1 Å². The van der Waals surface area contributed by atoms with Gasteiger partial charge in [-0.25, -0.2) is 4.79 Å². The second-order valence-corrected chi connectivity index (χ2v) is 5.97. The quantitative estimate of drug-likeness (QED) is 0.893. The lowest BCUT2D eigenvalue weighted by Gasteiger charge is -2.37. The van der Waals surface area contributed by atoms with Crippen molar-refractivity contribution in [2.45, 2.75) is 25.0 Å². The monoisotopic (exact) mass is 309 g/mol. The van der Waals surface area contributed by atoms with Gasteiger partial charge in [0, 0.05) is 17.7 Å². The number of aryl methyl sites for hydroxylation is 1. The third-order valence-corrected chi connectivity index (χ3v) is 4.70. The summed E-state index contributed by atoms with van der Waals surface area (Å²) >= 11 is 0.